The number of sulfone groups is 1. The standard InChI is InChI=1S/C24H20ClN3O5S/c25-18-7-4-6-17(16-18)21-26-22(34(30,31)19-8-2-1-3-9-19)24(33-21)28-13-11-27(12-14-28)23(29)20-10-5-15-32-20/h1-10,15-16H,11-14H2. The number of benzene rings is 2. The van der Waals surface area contributed by atoms with E-state index in [1.807, 2.05) is 0 Å². The highest BCUT2D eigenvalue weighted by molar-refractivity contribution is 7.91. The molecule has 0 bridgehead atoms. The van der Waals surface area contributed by atoms with E-state index in [9.17, 15) is 13.2 Å². The summed E-state index contributed by atoms with van der Waals surface area (Å²) in [4.78, 5) is 20.6. The largest absolute Gasteiger partial charge is 0.459 e. The van der Waals surface area contributed by atoms with Gasteiger partial charge in [-0.2, -0.15) is 4.98 Å². The molecule has 3 heterocycles. The number of piperazine rings is 1. The maximum absolute atomic E-state index is 13.5. The molecule has 0 spiro atoms. The van der Waals surface area contributed by atoms with Crippen molar-refractivity contribution in [2.75, 3.05) is 31.1 Å². The summed E-state index contributed by atoms with van der Waals surface area (Å²) >= 11 is 6.12. The van der Waals surface area contributed by atoms with Crippen molar-refractivity contribution in [3.8, 4) is 11.5 Å². The molecule has 1 aliphatic heterocycles. The molecule has 0 radical (unpaired) electrons. The van der Waals surface area contributed by atoms with E-state index in [1.54, 1.807) is 64.4 Å². The van der Waals surface area contributed by atoms with Crippen LogP contribution >= 0.6 is 11.6 Å². The third-order valence-electron chi connectivity index (χ3n) is 5.55. The summed E-state index contributed by atoms with van der Waals surface area (Å²) < 4.78 is 38.2. The minimum atomic E-state index is -3.96. The number of amides is 1. The third kappa shape index (κ3) is 4.20. The van der Waals surface area contributed by atoms with Gasteiger partial charge in [-0.25, -0.2) is 8.42 Å². The minimum absolute atomic E-state index is 0.119. The van der Waals surface area contributed by atoms with E-state index in [0.29, 0.717) is 36.8 Å². The Balaban J connectivity index is 1.49. The number of carbonyl (C=O) groups is 1. The molecular formula is C24H20ClN3O5S. The number of halogens is 1. The second kappa shape index (κ2) is 9.00. The number of hydrogen-bond acceptors (Lipinski definition) is 7. The molecule has 0 saturated carbocycles. The van der Waals surface area contributed by atoms with Gasteiger partial charge in [-0.05, 0) is 42.5 Å². The van der Waals surface area contributed by atoms with Crippen LogP contribution < -0.4 is 4.90 Å². The summed E-state index contributed by atoms with van der Waals surface area (Å²) in [5, 5.41) is 0.314. The second-order valence-corrected chi connectivity index (χ2v) is 10.0. The summed E-state index contributed by atoms with van der Waals surface area (Å²) in [5.74, 6) is 0.354. The lowest BCUT2D eigenvalue weighted by Crippen LogP contribution is -2.49. The fraction of sp³-hybridized carbons (Fsp3) is 0.167. The molecule has 1 saturated heterocycles. The van der Waals surface area contributed by atoms with Crippen LogP contribution in [0.1, 0.15) is 10.6 Å². The van der Waals surface area contributed by atoms with Crippen LogP contribution in [0.2, 0.25) is 5.02 Å². The molecule has 10 heteroatoms. The molecule has 0 unspecified atom stereocenters. The number of anilines is 1. The van der Waals surface area contributed by atoms with E-state index < -0.39 is 9.84 Å². The van der Waals surface area contributed by atoms with Crippen molar-refractivity contribution < 1.29 is 22.0 Å². The Hall–Kier alpha value is -3.56. The lowest BCUT2D eigenvalue weighted by atomic mass is 10.2. The van der Waals surface area contributed by atoms with Gasteiger partial charge in [0.25, 0.3) is 5.91 Å². The molecule has 1 aliphatic rings. The van der Waals surface area contributed by atoms with Crippen molar-refractivity contribution in [2.24, 2.45) is 0 Å². The van der Waals surface area contributed by atoms with Crippen LogP contribution in [0, 0.1) is 0 Å². The highest BCUT2D eigenvalue weighted by atomic mass is 35.5. The summed E-state index contributed by atoms with van der Waals surface area (Å²) in [6, 6.07) is 18.2. The number of furan rings is 1. The molecule has 8 nitrogen and oxygen atoms in total. The van der Waals surface area contributed by atoms with Crippen LogP contribution in [-0.2, 0) is 9.84 Å². The average Bonchev–Trinajstić information content (AvgIpc) is 3.55. The topological polar surface area (TPSA) is 96.9 Å². The fourth-order valence-corrected chi connectivity index (χ4v) is 5.33. The third-order valence-corrected chi connectivity index (χ3v) is 7.45. The van der Waals surface area contributed by atoms with Gasteiger partial charge in [0.05, 0.1) is 11.2 Å². The summed E-state index contributed by atoms with van der Waals surface area (Å²) in [7, 11) is -3.96. The molecule has 0 atom stereocenters. The van der Waals surface area contributed by atoms with E-state index in [-0.39, 0.29) is 33.4 Å². The number of nitrogens with zero attached hydrogens (tertiary/aromatic N) is 3. The molecule has 0 aliphatic carbocycles. The zero-order chi connectivity index (χ0) is 23.7. The number of aromatic nitrogens is 1. The molecule has 0 N–H and O–H groups in total. The van der Waals surface area contributed by atoms with E-state index in [1.165, 1.54) is 18.4 Å². The molecule has 1 amide bonds. The van der Waals surface area contributed by atoms with Gasteiger partial charge in [0.1, 0.15) is 0 Å². The number of rotatable bonds is 5. The molecular weight excluding hydrogens is 478 g/mol. The Morgan fingerprint density at radius 3 is 2.38 bits per heavy atom. The molecule has 2 aromatic carbocycles. The zero-order valence-corrected chi connectivity index (χ0v) is 19.5. The normalized spacial score (nSPS) is 14.4. The van der Waals surface area contributed by atoms with Crippen LogP contribution in [-0.4, -0.2) is 50.4 Å². The predicted molar refractivity (Wildman–Crippen MR) is 126 cm³/mol. The van der Waals surface area contributed by atoms with Gasteiger partial charge in [0, 0.05) is 36.8 Å². The summed E-state index contributed by atoms with van der Waals surface area (Å²) in [5.41, 5.74) is 0.565. The van der Waals surface area contributed by atoms with Crippen molar-refractivity contribution >= 4 is 33.2 Å². The van der Waals surface area contributed by atoms with E-state index >= 15 is 0 Å². The molecule has 2 aromatic heterocycles. The van der Waals surface area contributed by atoms with Crippen molar-refractivity contribution in [1.29, 1.82) is 0 Å². The Morgan fingerprint density at radius 2 is 1.71 bits per heavy atom. The number of oxazole rings is 1. The Bertz CT molecular complexity index is 1410. The maximum Gasteiger partial charge on any atom is 0.289 e. The molecule has 4 aromatic rings. The minimum Gasteiger partial charge on any atom is -0.459 e. The monoisotopic (exact) mass is 497 g/mol. The van der Waals surface area contributed by atoms with Crippen LogP contribution in [0.25, 0.3) is 11.5 Å². The Morgan fingerprint density at radius 1 is 0.941 bits per heavy atom. The van der Waals surface area contributed by atoms with E-state index in [0.717, 1.165) is 0 Å². The lowest BCUT2D eigenvalue weighted by Gasteiger charge is -2.34. The maximum atomic E-state index is 13.5. The Labute approximate surface area is 201 Å². The van der Waals surface area contributed by atoms with Gasteiger partial charge in [-0.3, -0.25) is 4.79 Å². The van der Waals surface area contributed by atoms with Gasteiger partial charge >= 0.3 is 0 Å². The van der Waals surface area contributed by atoms with Gasteiger partial charge in [-0.15, -0.1) is 0 Å². The quantitative estimate of drug-likeness (QED) is 0.403. The SMILES string of the molecule is O=C(c1ccco1)N1CCN(c2oc(-c3cccc(Cl)c3)nc2S(=O)(=O)c2ccccc2)CC1. The molecule has 34 heavy (non-hydrogen) atoms. The Kier molecular flexibility index (Phi) is 5.89. The van der Waals surface area contributed by atoms with Crippen molar-refractivity contribution in [2.45, 2.75) is 9.92 Å². The van der Waals surface area contributed by atoms with Crippen molar-refractivity contribution in [1.82, 2.24) is 9.88 Å². The molecule has 5 rings (SSSR count). The van der Waals surface area contributed by atoms with Crippen LogP contribution in [0.5, 0.6) is 0 Å². The summed E-state index contributed by atoms with van der Waals surface area (Å²) in [6.07, 6.45) is 1.45. The van der Waals surface area contributed by atoms with Gasteiger partial charge in [-0.1, -0.05) is 35.9 Å². The van der Waals surface area contributed by atoms with Gasteiger partial charge in [0.15, 0.2) is 5.76 Å². The zero-order valence-electron chi connectivity index (χ0n) is 17.9. The van der Waals surface area contributed by atoms with Crippen LogP contribution in [0.15, 0.2) is 91.7 Å². The molecule has 1 fully saturated rings. The highest BCUT2D eigenvalue weighted by Gasteiger charge is 2.33. The first-order valence-electron chi connectivity index (χ1n) is 10.6. The second-order valence-electron chi connectivity index (χ2n) is 7.71. The fourth-order valence-electron chi connectivity index (χ4n) is 3.80. The number of carbonyl (C=O) groups excluding carboxylic acids is 1. The van der Waals surface area contributed by atoms with Gasteiger partial charge in [0.2, 0.25) is 26.6 Å². The molecule has 174 valence electrons. The predicted octanol–water partition coefficient (Wildman–Crippen LogP) is 4.38. The lowest BCUT2D eigenvalue weighted by molar-refractivity contribution is 0.0713. The first-order chi connectivity index (χ1) is 16.4. The van der Waals surface area contributed by atoms with Gasteiger partial charge < -0.3 is 18.6 Å². The first kappa shape index (κ1) is 22.2. The van der Waals surface area contributed by atoms with Crippen LogP contribution in [0.4, 0.5) is 5.88 Å². The van der Waals surface area contributed by atoms with E-state index in [4.69, 9.17) is 20.4 Å². The van der Waals surface area contributed by atoms with Crippen molar-refractivity contribution in [3.63, 3.8) is 0 Å². The van der Waals surface area contributed by atoms with E-state index in [2.05, 4.69) is 4.98 Å². The first-order valence-corrected chi connectivity index (χ1v) is 12.4. The van der Waals surface area contributed by atoms with Crippen LogP contribution in [0.3, 0.4) is 0 Å². The summed E-state index contributed by atoms with van der Waals surface area (Å²) in [6.45, 7) is 1.48. The highest BCUT2D eigenvalue weighted by Crippen LogP contribution is 2.35. The average molecular weight is 498 g/mol. The smallest absolute Gasteiger partial charge is 0.289 e. The number of hydrogen-bond donors (Lipinski definition) is 0. The van der Waals surface area contributed by atoms with Crippen molar-refractivity contribution in [3.05, 3.63) is 83.8 Å².